The molecule has 0 saturated carbocycles. The predicted octanol–water partition coefficient (Wildman–Crippen LogP) is 0.395. The Morgan fingerprint density at radius 1 is 1.24 bits per heavy atom. The zero-order valence-electron chi connectivity index (χ0n) is 12.1. The molecular weight excluding hydrogens is 274 g/mol. The van der Waals surface area contributed by atoms with E-state index in [9.17, 15) is 4.79 Å². The van der Waals surface area contributed by atoms with E-state index in [2.05, 4.69) is 0 Å². The number of carbonyl (C=O) groups is 1. The Kier molecular flexibility index (Phi) is 6.13. The third kappa shape index (κ3) is 4.01. The number of likely N-dealkylation sites (tertiary alicyclic amines) is 1. The zero-order chi connectivity index (χ0) is 15.1. The number of hydrogen-bond acceptors (Lipinski definition) is 5. The molecule has 6 heteroatoms. The van der Waals surface area contributed by atoms with Gasteiger partial charge in [0, 0.05) is 13.7 Å². The minimum Gasteiger partial charge on any atom is -0.395 e. The third-order valence-electron chi connectivity index (χ3n) is 3.44. The Morgan fingerprint density at radius 3 is 2.67 bits per heavy atom. The summed E-state index contributed by atoms with van der Waals surface area (Å²) in [5.41, 5.74) is 1.08. The predicted molar refractivity (Wildman–Crippen MR) is 75.4 cm³/mol. The number of aliphatic hydroxyl groups is 1. The normalized spacial score (nSPS) is 21.4. The monoisotopic (exact) mass is 295 g/mol. The number of nitrogens with zero attached hydrogens (tertiary/aromatic N) is 1. The Morgan fingerprint density at radius 2 is 2.00 bits per heavy atom. The molecule has 1 saturated heterocycles. The highest BCUT2D eigenvalue weighted by Crippen LogP contribution is 2.22. The van der Waals surface area contributed by atoms with Crippen molar-refractivity contribution in [3.8, 4) is 0 Å². The first-order valence-electron chi connectivity index (χ1n) is 6.91. The molecule has 1 aliphatic heterocycles. The number of methoxy groups -OCH3 is 1. The summed E-state index contributed by atoms with van der Waals surface area (Å²) in [5.74, 6) is -0.106. The molecule has 1 N–H and O–H groups in total. The van der Waals surface area contributed by atoms with Crippen LogP contribution in [0.3, 0.4) is 0 Å². The van der Waals surface area contributed by atoms with Crippen LogP contribution < -0.4 is 0 Å². The number of rotatable bonds is 9. The molecule has 1 aliphatic rings. The van der Waals surface area contributed by atoms with Crippen LogP contribution in [0.25, 0.3) is 0 Å². The number of β-amino-alcohol motifs (C(OH)–C–C–N with tert-alkyl or cyclic N) is 1. The molecule has 0 radical (unpaired) electrons. The van der Waals surface area contributed by atoms with E-state index in [1.54, 1.807) is 4.90 Å². The largest absolute Gasteiger partial charge is 0.395 e. The maximum absolute atomic E-state index is 11.7. The molecule has 116 valence electrons. The average molecular weight is 295 g/mol. The van der Waals surface area contributed by atoms with Gasteiger partial charge in [-0.2, -0.15) is 0 Å². The first-order chi connectivity index (χ1) is 10.3. The fourth-order valence-electron chi connectivity index (χ4n) is 2.35. The molecule has 0 spiro atoms. The van der Waals surface area contributed by atoms with Crippen LogP contribution in [0.1, 0.15) is 5.56 Å². The molecule has 0 aliphatic carbocycles. The van der Waals surface area contributed by atoms with Crippen LogP contribution in [0, 0.1) is 0 Å². The molecule has 6 nitrogen and oxygen atoms in total. The second-order valence-corrected chi connectivity index (χ2v) is 4.80. The minimum atomic E-state index is -0.481. The molecule has 1 heterocycles. The lowest BCUT2D eigenvalue weighted by Gasteiger charge is -2.45. The fourth-order valence-corrected chi connectivity index (χ4v) is 2.35. The Hall–Kier alpha value is -1.47. The summed E-state index contributed by atoms with van der Waals surface area (Å²) in [4.78, 5) is 13.2. The van der Waals surface area contributed by atoms with E-state index >= 15 is 0 Å². The summed E-state index contributed by atoms with van der Waals surface area (Å²) < 4.78 is 16.0. The van der Waals surface area contributed by atoms with E-state index in [1.165, 1.54) is 7.11 Å². The van der Waals surface area contributed by atoms with Crippen molar-refractivity contribution in [3.63, 3.8) is 0 Å². The van der Waals surface area contributed by atoms with E-state index in [0.717, 1.165) is 5.56 Å². The summed E-state index contributed by atoms with van der Waals surface area (Å²) in [6.07, 6.45) is -0.481. The molecule has 0 aromatic heterocycles. The second-order valence-electron chi connectivity index (χ2n) is 4.80. The van der Waals surface area contributed by atoms with Crippen molar-refractivity contribution in [1.29, 1.82) is 0 Å². The van der Waals surface area contributed by atoms with Crippen LogP contribution in [-0.4, -0.2) is 61.7 Å². The minimum absolute atomic E-state index is 0.0663. The van der Waals surface area contributed by atoms with Crippen LogP contribution in [0.5, 0.6) is 0 Å². The van der Waals surface area contributed by atoms with Crippen molar-refractivity contribution in [2.24, 2.45) is 0 Å². The zero-order valence-corrected chi connectivity index (χ0v) is 12.1. The average Bonchev–Trinajstić information content (AvgIpc) is 2.52. The summed E-state index contributed by atoms with van der Waals surface area (Å²) >= 11 is 0. The van der Waals surface area contributed by atoms with E-state index < -0.39 is 6.10 Å². The molecule has 1 amide bonds. The topological polar surface area (TPSA) is 68.2 Å². The summed E-state index contributed by atoms with van der Waals surface area (Å²) in [5, 5.41) is 8.93. The number of β-lactam (4-membered cyclic amide) rings is 1. The Balaban J connectivity index is 1.66. The number of amides is 1. The van der Waals surface area contributed by atoms with Gasteiger partial charge in [0.1, 0.15) is 6.79 Å². The number of ether oxygens (including phenoxy) is 3. The van der Waals surface area contributed by atoms with Gasteiger partial charge in [-0.05, 0) is 5.56 Å². The van der Waals surface area contributed by atoms with Crippen molar-refractivity contribution in [3.05, 3.63) is 35.9 Å². The molecule has 0 unspecified atom stereocenters. The van der Waals surface area contributed by atoms with Gasteiger partial charge in [0.15, 0.2) is 6.10 Å². The van der Waals surface area contributed by atoms with Crippen LogP contribution in [0.4, 0.5) is 0 Å². The number of aliphatic hydroxyl groups excluding tert-OH is 1. The molecule has 2 atom stereocenters. The summed E-state index contributed by atoms with van der Waals surface area (Å²) in [6.45, 7) is 1.21. The van der Waals surface area contributed by atoms with Gasteiger partial charge in [0.05, 0.1) is 25.9 Å². The van der Waals surface area contributed by atoms with E-state index in [4.69, 9.17) is 19.3 Å². The van der Waals surface area contributed by atoms with E-state index in [0.29, 0.717) is 19.8 Å². The lowest BCUT2D eigenvalue weighted by molar-refractivity contribution is -0.181. The fraction of sp³-hybridized carbons (Fsp3) is 0.533. The molecule has 1 aromatic rings. The molecule has 21 heavy (non-hydrogen) atoms. The maximum Gasteiger partial charge on any atom is 0.254 e. The van der Waals surface area contributed by atoms with Crippen molar-refractivity contribution in [1.82, 2.24) is 4.90 Å². The maximum atomic E-state index is 11.7. The van der Waals surface area contributed by atoms with Crippen molar-refractivity contribution < 1.29 is 24.1 Å². The summed E-state index contributed by atoms with van der Waals surface area (Å²) in [6, 6.07) is 9.66. The smallest absolute Gasteiger partial charge is 0.254 e. The second kappa shape index (κ2) is 8.09. The van der Waals surface area contributed by atoms with Crippen LogP contribution in [0.2, 0.25) is 0 Å². The summed E-state index contributed by atoms with van der Waals surface area (Å²) in [7, 11) is 1.50. The quantitative estimate of drug-likeness (QED) is 0.406. The highest BCUT2D eigenvalue weighted by molar-refractivity contribution is 5.88. The number of hydrogen-bond donors (Lipinski definition) is 1. The van der Waals surface area contributed by atoms with Crippen molar-refractivity contribution in [2.45, 2.75) is 18.8 Å². The standard InChI is InChI=1S/C15H21NO5/c1-19-14-13(16(7-8-17)15(14)18)10-21-11-20-9-12-5-3-2-4-6-12/h2-6,13-14,17H,7-11H2,1H3/t13-,14+/m0/s1. The van der Waals surface area contributed by atoms with E-state index in [-0.39, 0.29) is 25.3 Å². The van der Waals surface area contributed by atoms with Gasteiger partial charge in [-0.25, -0.2) is 0 Å². The number of benzene rings is 1. The van der Waals surface area contributed by atoms with Gasteiger partial charge in [-0.3, -0.25) is 4.79 Å². The molecule has 0 bridgehead atoms. The first-order valence-corrected chi connectivity index (χ1v) is 6.91. The SMILES string of the molecule is CO[C@H]1C(=O)N(CCO)[C@H]1COCOCc1ccccc1. The third-order valence-corrected chi connectivity index (χ3v) is 3.44. The number of carbonyl (C=O) groups excluding carboxylic acids is 1. The van der Waals surface area contributed by atoms with Gasteiger partial charge >= 0.3 is 0 Å². The Labute approximate surface area is 124 Å². The molecule has 1 aromatic carbocycles. The van der Waals surface area contributed by atoms with Crippen LogP contribution in [-0.2, 0) is 25.6 Å². The first kappa shape index (κ1) is 15.9. The molecule has 1 fully saturated rings. The highest BCUT2D eigenvalue weighted by Gasteiger charge is 2.47. The van der Waals surface area contributed by atoms with Crippen LogP contribution >= 0.6 is 0 Å². The Bertz CT molecular complexity index is 439. The van der Waals surface area contributed by atoms with Gasteiger partial charge in [0.25, 0.3) is 5.91 Å². The highest BCUT2D eigenvalue weighted by atomic mass is 16.7. The van der Waals surface area contributed by atoms with Gasteiger partial charge in [-0.15, -0.1) is 0 Å². The van der Waals surface area contributed by atoms with Crippen molar-refractivity contribution in [2.75, 3.05) is 33.7 Å². The lowest BCUT2D eigenvalue weighted by Crippen LogP contribution is -2.67. The van der Waals surface area contributed by atoms with Gasteiger partial charge < -0.3 is 24.2 Å². The molecular formula is C15H21NO5. The lowest BCUT2D eigenvalue weighted by atomic mass is 9.99. The van der Waals surface area contributed by atoms with Crippen LogP contribution in [0.15, 0.2) is 30.3 Å². The van der Waals surface area contributed by atoms with E-state index in [1.807, 2.05) is 30.3 Å². The van der Waals surface area contributed by atoms with Gasteiger partial charge in [-0.1, -0.05) is 30.3 Å². The van der Waals surface area contributed by atoms with Crippen molar-refractivity contribution >= 4 is 5.91 Å². The molecule has 2 rings (SSSR count). The van der Waals surface area contributed by atoms with Gasteiger partial charge in [0.2, 0.25) is 0 Å².